The summed E-state index contributed by atoms with van der Waals surface area (Å²) in [6.07, 6.45) is -0.877. The van der Waals surface area contributed by atoms with E-state index in [4.69, 9.17) is 16.3 Å². The Kier molecular flexibility index (Phi) is 5.74. The maximum Gasteiger partial charge on any atom is 0.339 e. The van der Waals surface area contributed by atoms with Gasteiger partial charge in [-0.15, -0.1) is 0 Å². The number of aromatic carboxylic acids is 1. The second kappa shape index (κ2) is 8.38. The van der Waals surface area contributed by atoms with E-state index in [0.29, 0.717) is 16.1 Å². The van der Waals surface area contributed by atoms with Crippen molar-refractivity contribution in [1.82, 2.24) is 5.32 Å². The summed E-state index contributed by atoms with van der Waals surface area (Å²) in [6.45, 7) is 0. The molecule has 3 aromatic carbocycles. The first-order chi connectivity index (χ1) is 13.0. The Hall–Kier alpha value is -3.31. The Morgan fingerprint density at radius 2 is 1.63 bits per heavy atom. The van der Waals surface area contributed by atoms with Gasteiger partial charge in [0, 0.05) is 16.1 Å². The molecule has 1 atom stereocenters. The van der Waals surface area contributed by atoms with Gasteiger partial charge in [0.15, 0.2) is 6.23 Å². The van der Waals surface area contributed by atoms with E-state index in [1.54, 1.807) is 66.7 Å². The third-order valence-corrected chi connectivity index (χ3v) is 4.05. The number of amides is 1. The van der Waals surface area contributed by atoms with Crippen LogP contribution in [-0.2, 0) is 0 Å². The van der Waals surface area contributed by atoms with Crippen LogP contribution in [-0.4, -0.2) is 17.0 Å². The van der Waals surface area contributed by atoms with Crippen LogP contribution in [0.15, 0.2) is 78.9 Å². The summed E-state index contributed by atoms with van der Waals surface area (Å²) in [5.41, 5.74) is 1.06. The maximum absolute atomic E-state index is 12.6. The summed E-state index contributed by atoms with van der Waals surface area (Å²) < 4.78 is 5.87. The van der Waals surface area contributed by atoms with Gasteiger partial charge in [-0.2, -0.15) is 0 Å². The second-order valence-electron chi connectivity index (χ2n) is 5.69. The van der Waals surface area contributed by atoms with Crippen LogP contribution in [0.25, 0.3) is 0 Å². The van der Waals surface area contributed by atoms with Crippen LogP contribution >= 0.6 is 11.6 Å². The number of carboxylic acid groups (broad SMARTS) is 1. The number of hydrogen-bond donors (Lipinski definition) is 2. The highest BCUT2D eigenvalue weighted by Gasteiger charge is 2.20. The SMILES string of the molecule is O=C(NC(Oc1ccccc1C(=O)O)c1ccccc1)c1cccc(Cl)c1. The van der Waals surface area contributed by atoms with E-state index in [1.807, 2.05) is 6.07 Å². The fourth-order valence-corrected chi connectivity index (χ4v) is 2.70. The van der Waals surface area contributed by atoms with Crippen molar-refractivity contribution in [1.29, 1.82) is 0 Å². The minimum atomic E-state index is -1.11. The van der Waals surface area contributed by atoms with Crippen molar-refractivity contribution in [2.45, 2.75) is 6.23 Å². The lowest BCUT2D eigenvalue weighted by Gasteiger charge is -2.22. The molecule has 3 aromatic rings. The standard InChI is InChI=1S/C21H16ClNO4/c22-16-10-6-9-15(13-16)19(24)23-20(14-7-2-1-3-8-14)27-18-12-5-4-11-17(18)21(25)26/h1-13,20H,(H,23,24)(H,25,26). The first-order valence-electron chi connectivity index (χ1n) is 8.15. The van der Waals surface area contributed by atoms with Gasteiger partial charge in [0.05, 0.1) is 0 Å². The van der Waals surface area contributed by atoms with E-state index in [0.717, 1.165) is 0 Å². The highest BCUT2D eigenvalue weighted by atomic mass is 35.5. The number of ether oxygens (including phenoxy) is 1. The largest absolute Gasteiger partial charge is 0.478 e. The summed E-state index contributed by atoms with van der Waals surface area (Å²) in [5, 5.41) is 12.6. The van der Waals surface area contributed by atoms with Crippen molar-refractivity contribution in [3.05, 3.63) is 101 Å². The number of carboxylic acids is 1. The third-order valence-electron chi connectivity index (χ3n) is 3.81. The van der Waals surface area contributed by atoms with E-state index >= 15 is 0 Å². The minimum Gasteiger partial charge on any atom is -0.478 e. The highest BCUT2D eigenvalue weighted by molar-refractivity contribution is 6.30. The lowest BCUT2D eigenvalue weighted by molar-refractivity contribution is 0.0684. The van der Waals surface area contributed by atoms with Crippen molar-refractivity contribution < 1.29 is 19.4 Å². The molecule has 0 saturated carbocycles. The predicted molar refractivity (Wildman–Crippen MR) is 102 cm³/mol. The number of nitrogens with one attached hydrogen (secondary N) is 1. The van der Waals surface area contributed by atoms with Gasteiger partial charge in [-0.1, -0.05) is 60.1 Å². The molecule has 0 saturated heterocycles. The molecule has 0 aliphatic carbocycles. The van der Waals surface area contributed by atoms with E-state index in [2.05, 4.69) is 5.32 Å². The van der Waals surface area contributed by atoms with Gasteiger partial charge in [0.1, 0.15) is 11.3 Å². The van der Waals surface area contributed by atoms with Crippen LogP contribution in [0, 0.1) is 0 Å². The molecule has 1 amide bonds. The Labute approximate surface area is 161 Å². The minimum absolute atomic E-state index is 0.00966. The molecule has 0 aliphatic heterocycles. The zero-order chi connectivity index (χ0) is 19.2. The van der Waals surface area contributed by atoms with Crippen LogP contribution < -0.4 is 10.1 Å². The summed E-state index contributed by atoms with van der Waals surface area (Å²) >= 11 is 5.95. The molecule has 0 aliphatic rings. The number of carbonyl (C=O) groups excluding carboxylic acids is 1. The molecule has 0 bridgehead atoms. The predicted octanol–water partition coefficient (Wildman–Crippen LogP) is 4.55. The molecule has 6 heteroatoms. The molecule has 0 fully saturated rings. The number of rotatable bonds is 6. The number of para-hydroxylation sites is 1. The first kappa shape index (κ1) is 18.5. The molecule has 0 heterocycles. The summed E-state index contributed by atoms with van der Waals surface area (Å²) in [6, 6.07) is 21.8. The molecule has 5 nitrogen and oxygen atoms in total. The Balaban J connectivity index is 1.91. The fourth-order valence-electron chi connectivity index (χ4n) is 2.51. The molecule has 0 spiro atoms. The van der Waals surface area contributed by atoms with Gasteiger partial charge in [0.2, 0.25) is 0 Å². The van der Waals surface area contributed by atoms with Crippen LogP contribution in [0.3, 0.4) is 0 Å². The van der Waals surface area contributed by atoms with Gasteiger partial charge in [0.25, 0.3) is 5.91 Å². The van der Waals surface area contributed by atoms with E-state index in [9.17, 15) is 14.7 Å². The highest BCUT2D eigenvalue weighted by Crippen LogP contribution is 2.25. The molecule has 27 heavy (non-hydrogen) atoms. The molecule has 0 radical (unpaired) electrons. The average molecular weight is 382 g/mol. The Bertz CT molecular complexity index is 959. The molecule has 136 valence electrons. The maximum atomic E-state index is 12.6. The summed E-state index contributed by atoms with van der Waals surface area (Å²) in [4.78, 5) is 24.1. The summed E-state index contributed by atoms with van der Waals surface area (Å²) in [5.74, 6) is -1.34. The fraction of sp³-hybridized carbons (Fsp3) is 0.0476. The van der Waals surface area contributed by atoms with Crippen molar-refractivity contribution in [3.63, 3.8) is 0 Å². The number of carbonyl (C=O) groups is 2. The molecule has 0 aromatic heterocycles. The van der Waals surface area contributed by atoms with Gasteiger partial charge < -0.3 is 15.2 Å². The van der Waals surface area contributed by atoms with Gasteiger partial charge >= 0.3 is 5.97 Å². The van der Waals surface area contributed by atoms with E-state index in [-0.39, 0.29) is 17.2 Å². The zero-order valence-corrected chi connectivity index (χ0v) is 14.9. The number of halogens is 1. The normalized spacial score (nSPS) is 11.4. The number of benzene rings is 3. The van der Waals surface area contributed by atoms with Gasteiger partial charge in [-0.3, -0.25) is 4.79 Å². The third kappa shape index (κ3) is 4.65. The van der Waals surface area contributed by atoms with Crippen LogP contribution in [0.2, 0.25) is 5.02 Å². The van der Waals surface area contributed by atoms with Crippen molar-refractivity contribution in [3.8, 4) is 5.75 Å². The molecule has 2 N–H and O–H groups in total. The second-order valence-corrected chi connectivity index (χ2v) is 6.13. The topological polar surface area (TPSA) is 75.6 Å². The monoisotopic (exact) mass is 381 g/mol. The van der Waals surface area contributed by atoms with E-state index < -0.39 is 12.2 Å². The quantitative estimate of drug-likeness (QED) is 0.614. The van der Waals surface area contributed by atoms with Gasteiger partial charge in [-0.05, 0) is 30.3 Å². The zero-order valence-electron chi connectivity index (χ0n) is 14.1. The van der Waals surface area contributed by atoms with Crippen molar-refractivity contribution >= 4 is 23.5 Å². The van der Waals surface area contributed by atoms with Crippen LogP contribution in [0.1, 0.15) is 32.5 Å². The van der Waals surface area contributed by atoms with Crippen molar-refractivity contribution in [2.75, 3.05) is 0 Å². The average Bonchev–Trinajstić information content (AvgIpc) is 2.68. The molecular weight excluding hydrogens is 366 g/mol. The summed E-state index contributed by atoms with van der Waals surface area (Å²) in [7, 11) is 0. The van der Waals surface area contributed by atoms with Crippen LogP contribution in [0.5, 0.6) is 5.75 Å². The van der Waals surface area contributed by atoms with E-state index in [1.165, 1.54) is 6.07 Å². The first-order valence-corrected chi connectivity index (χ1v) is 8.53. The Morgan fingerprint density at radius 1 is 0.926 bits per heavy atom. The van der Waals surface area contributed by atoms with Gasteiger partial charge in [-0.25, -0.2) is 4.79 Å². The molecule has 1 unspecified atom stereocenters. The molecular formula is C21H16ClNO4. The lowest BCUT2D eigenvalue weighted by atomic mass is 10.1. The smallest absolute Gasteiger partial charge is 0.339 e. The lowest BCUT2D eigenvalue weighted by Crippen LogP contribution is -2.32. The van der Waals surface area contributed by atoms with Crippen LogP contribution in [0.4, 0.5) is 0 Å². The van der Waals surface area contributed by atoms with Crippen molar-refractivity contribution in [2.24, 2.45) is 0 Å². The Morgan fingerprint density at radius 3 is 2.33 bits per heavy atom. The number of hydrogen-bond acceptors (Lipinski definition) is 3. The molecule has 3 rings (SSSR count).